The van der Waals surface area contributed by atoms with Gasteiger partial charge in [-0.05, 0) is 49.6 Å². The molecule has 0 radical (unpaired) electrons. The number of nitrogens with one attached hydrogen (secondary N) is 1. The van der Waals surface area contributed by atoms with Crippen molar-refractivity contribution in [2.45, 2.75) is 32.4 Å². The van der Waals surface area contributed by atoms with E-state index in [-0.39, 0.29) is 12.0 Å². The van der Waals surface area contributed by atoms with E-state index in [0.29, 0.717) is 6.54 Å². The lowest BCUT2D eigenvalue weighted by Crippen LogP contribution is -2.30. The number of para-hydroxylation sites is 1. The molecule has 1 aliphatic heterocycles. The summed E-state index contributed by atoms with van der Waals surface area (Å²) >= 11 is 0. The van der Waals surface area contributed by atoms with Gasteiger partial charge < -0.3 is 14.6 Å². The van der Waals surface area contributed by atoms with Gasteiger partial charge in [0.25, 0.3) is 0 Å². The smallest absolute Gasteiger partial charge is 0.244 e. The molecule has 4 rings (SSSR count). The van der Waals surface area contributed by atoms with Gasteiger partial charge in [0.2, 0.25) is 5.91 Å². The third-order valence-corrected chi connectivity index (χ3v) is 5.07. The minimum Gasteiger partial charge on any atom is -0.376 e. The van der Waals surface area contributed by atoms with Gasteiger partial charge in [-0.3, -0.25) is 4.79 Å². The predicted octanol–water partition coefficient (Wildman–Crippen LogP) is 4.12. The fourth-order valence-corrected chi connectivity index (χ4v) is 3.77. The van der Waals surface area contributed by atoms with Gasteiger partial charge in [-0.15, -0.1) is 0 Å². The molecule has 1 aliphatic rings. The number of carbonyl (C=O) groups is 1. The fraction of sp³-hybridized carbons (Fsp3) is 0.318. The Labute approximate surface area is 153 Å². The first-order valence-electron chi connectivity index (χ1n) is 9.35. The van der Waals surface area contributed by atoms with E-state index < -0.39 is 0 Å². The van der Waals surface area contributed by atoms with Crippen LogP contribution in [0.4, 0.5) is 0 Å². The number of amides is 1. The van der Waals surface area contributed by atoms with E-state index in [0.717, 1.165) is 31.6 Å². The van der Waals surface area contributed by atoms with Crippen molar-refractivity contribution in [3.8, 4) is 0 Å². The minimum atomic E-state index is -0.0726. The molecular weight excluding hydrogens is 324 g/mol. The molecule has 4 nitrogen and oxygen atoms in total. The molecule has 2 heterocycles. The van der Waals surface area contributed by atoms with Crippen molar-refractivity contribution in [2.75, 3.05) is 13.2 Å². The van der Waals surface area contributed by atoms with Gasteiger partial charge in [-0.1, -0.05) is 24.3 Å². The highest BCUT2D eigenvalue weighted by atomic mass is 16.5. The van der Waals surface area contributed by atoms with Crippen molar-refractivity contribution >= 4 is 33.8 Å². The zero-order chi connectivity index (χ0) is 17.9. The molecule has 2 aromatic carbocycles. The van der Waals surface area contributed by atoms with Crippen LogP contribution >= 0.6 is 0 Å². The van der Waals surface area contributed by atoms with Crippen molar-refractivity contribution in [1.29, 1.82) is 0 Å². The first kappa shape index (κ1) is 16.9. The second-order valence-corrected chi connectivity index (χ2v) is 6.75. The van der Waals surface area contributed by atoms with Gasteiger partial charge in [0.05, 0.1) is 6.10 Å². The molecule has 0 spiro atoms. The summed E-state index contributed by atoms with van der Waals surface area (Å²) in [6.45, 7) is 4.50. The summed E-state index contributed by atoms with van der Waals surface area (Å²) in [6.07, 6.45) is 5.77. The summed E-state index contributed by atoms with van der Waals surface area (Å²) in [5.41, 5.74) is 3.51. The Morgan fingerprint density at radius 2 is 2.08 bits per heavy atom. The second kappa shape index (κ2) is 7.34. The molecule has 0 aliphatic carbocycles. The molecule has 1 atom stereocenters. The first-order valence-corrected chi connectivity index (χ1v) is 9.35. The Kier molecular flexibility index (Phi) is 4.76. The summed E-state index contributed by atoms with van der Waals surface area (Å²) < 4.78 is 7.85. The zero-order valence-corrected chi connectivity index (χ0v) is 15.1. The average molecular weight is 348 g/mol. The largest absolute Gasteiger partial charge is 0.376 e. The van der Waals surface area contributed by atoms with E-state index >= 15 is 0 Å². The molecule has 1 N–H and O–H groups in total. The van der Waals surface area contributed by atoms with E-state index in [1.807, 2.05) is 6.08 Å². The van der Waals surface area contributed by atoms with E-state index in [1.54, 1.807) is 6.08 Å². The fourth-order valence-electron chi connectivity index (χ4n) is 3.77. The van der Waals surface area contributed by atoms with Crippen molar-refractivity contribution in [3.63, 3.8) is 0 Å². The highest BCUT2D eigenvalue weighted by molar-refractivity contribution is 6.08. The molecular formula is C22H24N2O2. The molecule has 26 heavy (non-hydrogen) atoms. The van der Waals surface area contributed by atoms with Crippen LogP contribution in [0.3, 0.4) is 0 Å². The minimum absolute atomic E-state index is 0.0726. The van der Waals surface area contributed by atoms with E-state index in [4.69, 9.17) is 4.74 Å². The zero-order valence-electron chi connectivity index (χ0n) is 15.1. The van der Waals surface area contributed by atoms with Crippen LogP contribution in [0.15, 0.2) is 48.5 Å². The summed E-state index contributed by atoms with van der Waals surface area (Å²) in [7, 11) is 0. The van der Waals surface area contributed by atoms with Crippen molar-refractivity contribution in [1.82, 2.24) is 9.88 Å². The number of fused-ring (bicyclic) bond motifs is 3. The van der Waals surface area contributed by atoms with Crippen LogP contribution in [0.1, 0.15) is 25.3 Å². The number of aromatic nitrogens is 1. The summed E-state index contributed by atoms with van der Waals surface area (Å²) in [4.78, 5) is 12.0. The number of hydrogen-bond acceptors (Lipinski definition) is 2. The third-order valence-electron chi connectivity index (χ3n) is 5.07. The average Bonchev–Trinajstić information content (AvgIpc) is 3.30. The number of nitrogens with zero attached hydrogens (tertiary/aromatic N) is 1. The second-order valence-electron chi connectivity index (χ2n) is 6.75. The number of rotatable bonds is 5. The molecule has 0 unspecified atom stereocenters. The number of ether oxygens (including phenoxy) is 1. The van der Waals surface area contributed by atoms with Gasteiger partial charge in [0, 0.05) is 47.6 Å². The first-order chi connectivity index (χ1) is 12.8. The van der Waals surface area contributed by atoms with Crippen LogP contribution in [-0.2, 0) is 16.1 Å². The highest BCUT2D eigenvalue weighted by Gasteiger charge is 2.15. The lowest BCUT2D eigenvalue weighted by atomic mass is 10.1. The van der Waals surface area contributed by atoms with E-state index in [9.17, 15) is 4.79 Å². The topological polar surface area (TPSA) is 43.3 Å². The number of benzene rings is 2. The van der Waals surface area contributed by atoms with Gasteiger partial charge in [0.15, 0.2) is 0 Å². The standard InChI is InChI=1S/C22H24N2O2/c1-2-24-20-8-4-3-7-18(20)19-14-16(9-11-21(19)24)10-12-22(25)23-15-17-6-5-13-26-17/h3-4,7-12,14,17H,2,5-6,13,15H2,1H3,(H,23,25)/b12-10+/t17-/m0/s1. The van der Waals surface area contributed by atoms with Gasteiger partial charge in [0.1, 0.15) is 0 Å². The summed E-state index contributed by atoms with van der Waals surface area (Å²) in [5, 5.41) is 5.40. The van der Waals surface area contributed by atoms with Gasteiger partial charge in [-0.2, -0.15) is 0 Å². The summed E-state index contributed by atoms with van der Waals surface area (Å²) in [6, 6.07) is 14.8. The Bertz CT molecular complexity index is 965. The maximum absolute atomic E-state index is 12.0. The van der Waals surface area contributed by atoms with Crippen LogP contribution in [0, 0.1) is 0 Å². The van der Waals surface area contributed by atoms with E-state index in [2.05, 4.69) is 59.3 Å². The quantitative estimate of drug-likeness (QED) is 0.705. The molecule has 1 fully saturated rings. The molecule has 4 heteroatoms. The Hall–Kier alpha value is -2.59. The molecule has 1 amide bonds. The van der Waals surface area contributed by atoms with Crippen LogP contribution in [0.25, 0.3) is 27.9 Å². The summed E-state index contributed by atoms with van der Waals surface area (Å²) in [5.74, 6) is -0.0726. The number of hydrogen-bond donors (Lipinski definition) is 1. The molecule has 0 saturated carbocycles. The SMILES string of the molecule is CCn1c2ccccc2c2cc(/C=C/C(=O)NC[C@@H]3CCCO3)ccc21. The van der Waals surface area contributed by atoms with Crippen molar-refractivity contribution in [2.24, 2.45) is 0 Å². The van der Waals surface area contributed by atoms with E-state index in [1.165, 1.54) is 21.8 Å². The maximum atomic E-state index is 12.0. The van der Waals surface area contributed by atoms with Crippen LogP contribution in [0.2, 0.25) is 0 Å². The third kappa shape index (κ3) is 3.25. The number of carbonyl (C=O) groups excluding carboxylic acids is 1. The van der Waals surface area contributed by atoms with Crippen molar-refractivity contribution < 1.29 is 9.53 Å². The van der Waals surface area contributed by atoms with Gasteiger partial charge >= 0.3 is 0 Å². The Balaban J connectivity index is 1.55. The van der Waals surface area contributed by atoms with Crippen molar-refractivity contribution in [3.05, 3.63) is 54.1 Å². The molecule has 3 aromatic rings. The van der Waals surface area contributed by atoms with Crippen LogP contribution in [-0.4, -0.2) is 29.7 Å². The number of aryl methyl sites for hydroxylation is 1. The Morgan fingerprint density at radius 1 is 1.23 bits per heavy atom. The lowest BCUT2D eigenvalue weighted by molar-refractivity contribution is -0.116. The van der Waals surface area contributed by atoms with Crippen LogP contribution < -0.4 is 5.32 Å². The molecule has 1 aromatic heterocycles. The highest BCUT2D eigenvalue weighted by Crippen LogP contribution is 2.29. The van der Waals surface area contributed by atoms with Crippen LogP contribution in [0.5, 0.6) is 0 Å². The normalized spacial score (nSPS) is 17.5. The lowest BCUT2D eigenvalue weighted by Gasteiger charge is -2.08. The molecule has 134 valence electrons. The molecule has 1 saturated heterocycles. The van der Waals surface area contributed by atoms with Gasteiger partial charge in [-0.25, -0.2) is 0 Å². The Morgan fingerprint density at radius 3 is 2.88 bits per heavy atom. The maximum Gasteiger partial charge on any atom is 0.244 e. The predicted molar refractivity (Wildman–Crippen MR) is 106 cm³/mol. The molecule has 0 bridgehead atoms. The monoisotopic (exact) mass is 348 g/mol.